The maximum absolute atomic E-state index is 12.4. The van der Waals surface area contributed by atoms with Crippen LogP contribution in [-0.2, 0) is 22.4 Å². The summed E-state index contributed by atoms with van der Waals surface area (Å²) in [5, 5.41) is 13.4. The van der Waals surface area contributed by atoms with Gasteiger partial charge in [0.05, 0.1) is 0 Å². The summed E-state index contributed by atoms with van der Waals surface area (Å²) in [4.78, 5) is 35.6. The zero-order valence-corrected chi connectivity index (χ0v) is 18.0. The topological polar surface area (TPSA) is 98.7 Å². The SMILES string of the molecule is O=C(CCC(=O)c1ccc2c(c1)CCNCC2)NCCN1CCCC1.O=C(O)C(F)(F)F. The van der Waals surface area contributed by atoms with E-state index in [1.807, 2.05) is 12.1 Å². The van der Waals surface area contributed by atoms with Gasteiger partial charge in [-0.25, -0.2) is 4.79 Å². The van der Waals surface area contributed by atoms with E-state index in [0.717, 1.165) is 51.1 Å². The summed E-state index contributed by atoms with van der Waals surface area (Å²) in [6.07, 6.45) is -0.0146. The van der Waals surface area contributed by atoms with E-state index in [1.54, 1.807) is 0 Å². The summed E-state index contributed by atoms with van der Waals surface area (Å²) < 4.78 is 31.7. The van der Waals surface area contributed by atoms with Gasteiger partial charge in [-0.05, 0) is 69.1 Å². The van der Waals surface area contributed by atoms with Crippen LogP contribution in [0.5, 0.6) is 0 Å². The van der Waals surface area contributed by atoms with E-state index in [1.165, 1.54) is 24.0 Å². The van der Waals surface area contributed by atoms with Crippen molar-refractivity contribution in [3.63, 3.8) is 0 Å². The summed E-state index contributed by atoms with van der Waals surface area (Å²) in [5.41, 5.74) is 3.35. The number of halogens is 3. The Morgan fingerprint density at radius 1 is 1.03 bits per heavy atom. The van der Waals surface area contributed by atoms with Crippen LogP contribution in [-0.4, -0.2) is 73.1 Å². The minimum absolute atomic E-state index is 0.0218. The van der Waals surface area contributed by atoms with Gasteiger partial charge in [0.15, 0.2) is 5.78 Å². The largest absolute Gasteiger partial charge is 0.490 e. The van der Waals surface area contributed by atoms with Crippen molar-refractivity contribution in [1.29, 1.82) is 0 Å². The number of carbonyl (C=O) groups is 3. The molecule has 1 saturated heterocycles. The van der Waals surface area contributed by atoms with Crippen molar-refractivity contribution in [2.24, 2.45) is 0 Å². The van der Waals surface area contributed by atoms with Crippen molar-refractivity contribution in [3.05, 3.63) is 34.9 Å². The van der Waals surface area contributed by atoms with Gasteiger partial charge in [-0.15, -0.1) is 0 Å². The molecule has 0 saturated carbocycles. The van der Waals surface area contributed by atoms with Crippen LogP contribution in [0.2, 0.25) is 0 Å². The number of Topliss-reactive ketones (excluding diaryl/α,β-unsaturated/α-hetero) is 1. The molecule has 7 nitrogen and oxygen atoms in total. The lowest BCUT2D eigenvalue weighted by Crippen LogP contribution is -2.33. The third-order valence-corrected chi connectivity index (χ3v) is 5.44. The summed E-state index contributed by atoms with van der Waals surface area (Å²) in [5.74, 6) is -2.71. The molecule has 0 aliphatic carbocycles. The summed E-state index contributed by atoms with van der Waals surface area (Å²) in [7, 11) is 0. The van der Waals surface area contributed by atoms with Gasteiger partial charge in [0.1, 0.15) is 0 Å². The Morgan fingerprint density at radius 3 is 2.28 bits per heavy atom. The van der Waals surface area contributed by atoms with Gasteiger partial charge in [-0.1, -0.05) is 12.1 Å². The molecule has 1 aromatic carbocycles. The second-order valence-electron chi connectivity index (χ2n) is 7.86. The number of amides is 1. The van der Waals surface area contributed by atoms with Crippen LogP contribution in [0, 0.1) is 0 Å². The van der Waals surface area contributed by atoms with Gasteiger partial charge < -0.3 is 20.6 Å². The van der Waals surface area contributed by atoms with Crippen LogP contribution in [0.25, 0.3) is 0 Å². The molecule has 3 N–H and O–H groups in total. The second kappa shape index (κ2) is 12.5. The van der Waals surface area contributed by atoms with Crippen LogP contribution in [0.1, 0.15) is 47.2 Å². The van der Waals surface area contributed by atoms with Gasteiger partial charge in [-0.3, -0.25) is 9.59 Å². The number of hydrogen-bond acceptors (Lipinski definition) is 5. The second-order valence-corrected chi connectivity index (χ2v) is 7.86. The molecule has 0 aromatic heterocycles. The molecule has 0 atom stereocenters. The third kappa shape index (κ3) is 8.96. The highest BCUT2D eigenvalue weighted by Gasteiger charge is 2.38. The molecule has 0 unspecified atom stereocenters. The predicted octanol–water partition coefficient (Wildman–Crippen LogP) is 2.18. The summed E-state index contributed by atoms with van der Waals surface area (Å²) in [6, 6.07) is 6.01. The van der Waals surface area contributed by atoms with E-state index in [9.17, 15) is 22.8 Å². The third-order valence-electron chi connectivity index (χ3n) is 5.44. The molecule has 0 bridgehead atoms. The molecule has 0 spiro atoms. The molecule has 32 heavy (non-hydrogen) atoms. The highest BCUT2D eigenvalue weighted by Crippen LogP contribution is 2.17. The lowest BCUT2D eigenvalue weighted by Gasteiger charge is -2.14. The fourth-order valence-electron chi connectivity index (χ4n) is 3.67. The average molecular weight is 457 g/mol. The first-order valence-corrected chi connectivity index (χ1v) is 10.8. The van der Waals surface area contributed by atoms with Gasteiger partial charge in [0.25, 0.3) is 0 Å². The lowest BCUT2D eigenvalue weighted by atomic mass is 9.97. The molecule has 0 radical (unpaired) electrons. The van der Waals surface area contributed by atoms with Crippen molar-refractivity contribution in [1.82, 2.24) is 15.5 Å². The number of ketones is 1. The van der Waals surface area contributed by atoms with E-state index in [4.69, 9.17) is 9.90 Å². The Hall–Kier alpha value is -2.46. The molecule has 2 aliphatic heterocycles. The number of hydrogen-bond donors (Lipinski definition) is 3. The van der Waals surface area contributed by atoms with Crippen molar-refractivity contribution < 1.29 is 32.7 Å². The minimum Gasteiger partial charge on any atom is -0.475 e. The summed E-state index contributed by atoms with van der Waals surface area (Å²) in [6.45, 7) is 5.84. The molecule has 1 amide bonds. The Kier molecular flexibility index (Phi) is 10.1. The molecule has 3 rings (SSSR count). The predicted molar refractivity (Wildman–Crippen MR) is 113 cm³/mol. The number of nitrogens with zero attached hydrogens (tertiary/aromatic N) is 1. The Balaban J connectivity index is 0.000000451. The number of aliphatic carboxylic acids is 1. The molecular formula is C22H30F3N3O4. The number of alkyl halides is 3. The van der Waals surface area contributed by atoms with Gasteiger partial charge >= 0.3 is 12.1 Å². The van der Waals surface area contributed by atoms with E-state index in [0.29, 0.717) is 6.54 Å². The molecule has 2 heterocycles. The lowest BCUT2D eigenvalue weighted by molar-refractivity contribution is -0.192. The van der Waals surface area contributed by atoms with Gasteiger partial charge in [0.2, 0.25) is 5.91 Å². The smallest absolute Gasteiger partial charge is 0.475 e. The fraction of sp³-hybridized carbons (Fsp3) is 0.591. The normalized spacial score (nSPS) is 16.3. The van der Waals surface area contributed by atoms with E-state index >= 15 is 0 Å². The highest BCUT2D eigenvalue weighted by molar-refractivity contribution is 5.98. The number of carboxylic acid groups (broad SMARTS) is 1. The van der Waals surface area contributed by atoms with Crippen molar-refractivity contribution in [2.45, 2.75) is 44.7 Å². The van der Waals surface area contributed by atoms with E-state index < -0.39 is 12.1 Å². The number of carbonyl (C=O) groups excluding carboxylic acids is 2. The molecule has 1 fully saturated rings. The number of nitrogens with one attached hydrogen (secondary N) is 2. The maximum Gasteiger partial charge on any atom is 0.490 e. The molecule has 2 aliphatic rings. The number of benzene rings is 1. The minimum atomic E-state index is -5.08. The van der Waals surface area contributed by atoms with Gasteiger partial charge in [-0.2, -0.15) is 13.2 Å². The first-order chi connectivity index (χ1) is 15.2. The van der Waals surface area contributed by atoms with Crippen LogP contribution in [0.3, 0.4) is 0 Å². The van der Waals surface area contributed by atoms with Crippen molar-refractivity contribution >= 4 is 17.7 Å². The number of carboxylic acids is 1. The number of rotatable bonds is 7. The highest BCUT2D eigenvalue weighted by atomic mass is 19.4. The van der Waals surface area contributed by atoms with Crippen LogP contribution in [0.15, 0.2) is 18.2 Å². The Labute approximate surface area is 185 Å². The van der Waals surface area contributed by atoms with Crippen LogP contribution >= 0.6 is 0 Å². The fourth-order valence-corrected chi connectivity index (χ4v) is 3.67. The van der Waals surface area contributed by atoms with E-state index in [2.05, 4.69) is 21.6 Å². The average Bonchev–Trinajstić information content (AvgIpc) is 3.14. The first kappa shape index (κ1) is 25.8. The van der Waals surface area contributed by atoms with Crippen molar-refractivity contribution in [3.8, 4) is 0 Å². The maximum atomic E-state index is 12.4. The molecule has 10 heteroatoms. The number of likely N-dealkylation sites (tertiary alicyclic amines) is 1. The summed E-state index contributed by atoms with van der Waals surface area (Å²) >= 11 is 0. The molecule has 178 valence electrons. The molecule has 1 aromatic rings. The first-order valence-electron chi connectivity index (χ1n) is 10.8. The monoisotopic (exact) mass is 457 g/mol. The standard InChI is InChI=1S/C20H29N3O2.C2HF3O2/c24-19(5-6-20(25)22-11-14-23-12-1-2-13-23)18-4-3-16-7-9-21-10-8-17(16)15-18;3-2(4,5)1(6)7/h3-4,15,21H,1-2,5-14H2,(H,22,25);(H,6,7). The van der Waals surface area contributed by atoms with Crippen LogP contribution in [0.4, 0.5) is 13.2 Å². The van der Waals surface area contributed by atoms with Gasteiger partial charge in [0, 0.05) is 31.5 Å². The van der Waals surface area contributed by atoms with Crippen LogP contribution < -0.4 is 10.6 Å². The zero-order valence-electron chi connectivity index (χ0n) is 18.0. The van der Waals surface area contributed by atoms with Crippen molar-refractivity contribution in [2.75, 3.05) is 39.3 Å². The van der Waals surface area contributed by atoms with E-state index in [-0.39, 0.29) is 24.5 Å². The quantitative estimate of drug-likeness (QED) is 0.543. The Bertz CT molecular complexity index is 793. The molecular weight excluding hydrogens is 427 g/mol. The zero-order chi connectivity index (χ0) is 23.6. The number of fused-ring (bicyclic) bond motifs is 1. The Morgan fingerprint density at radius 2 is 1.66 bits per heavy atom.